The molecule has 1 aliphatic rings. The summed E-state index contributed by atoms with van der Waals surface area (Å²) in [6.07, 6.45) is 3.24. The summed E-state index contributed by atoms with van der Waals surface area (Å²) in [5, 5.41) is 7.01. The van der Waals surface area contributed by atoms with E-state index in [1.807, 2.05) is 24.9 Å². The molecule has 1 atom stereocenters. The molecule has 1 fully saturated rings. The Labute approximate surface area is 191 Å². The maximum absolute atomic E-state index is 5.38. The summed E-state index contributed by atoms with van der Waals surface area (Å²) in [6, 6.07) is 6.47. The van der Waals surface area contributed by atoms with E-state index in [9.17, 15) is 0 Å². The molecule has 8 heteroatoms. The third kappa shape index (κ3) is 7.87. The van der Waals surface area contributed by atoms with Crippen molar-refractivity contribution in [3.05, 3.63) is 23.8 Å². The van der Waals surface area contributed by atoms with E-state index in [0.717, 1.165) is 50.1 Å². The standard InChI is InChI=1S/C20H34N4O2S.HI/c1-20(2,27-6)14-22-19(21-3)23-16-7-8-24(13-16)12-15-9-17(25-4)11-18(10-15)26-5;/h9-11,16H,7-8,12-14H2,1-6H3,(H2,21,22,23);1H. The molecule has 0 amide bonds. The minimum absolute atomic E-state index is 0. The van der Waals surface area contributed by atoms with Crippen LogP contribution >= 0.6 is 35.7 Å². The van der Waals surface area contributed by atoms with E-state index in [1.54, 1.807) is 14.2 Å². The Bertz CT molecular complexity index is 620. The summed E-state index contributed by atoms with van der Waals surface area (Å²) in [6.45, 7) is 8.29. The van der Waals surface area contributed by atoms with Crippen LogP contribution in [0.5, 0.6) is 11.5 Å². The summed E-state index contributed by atoms with van der Waals surface area (Å²) in [7, 11) is 5.20. The molecule has 28 heavy (non-hydrogen) atoms. The normalized spacial score (nSPS) is 17.8. The third-order valence-corrected chi connectivity index (χ3v) is 6.14. The van der Waals surface area contributed by atoms with Crippen molar-refractivity contribution in [3.8, 4) is 11.5 Å². The second-order valence-corrected chi connectivity index (χ2v) is 8.99. The Morgan fingerprint density at radius 2 is 1.89 bits per heavy atom. The van der Waals surface area contributed by atoms with Crippen LogP contribution in [0.25, 0.3) is 0 Å². The molecule has 0 saturated carbocycles. The number of guanidine groups is 1. The molecule has 2 rings (SSSR count). The first-order chi connectivity index (χ1) is 12.9. The number of halogens is 1. The number of nitrogens with zero attached hydrogens (tertiary/aromatic N) is 2. The number of thioether (sulfide) groups is 1. The predicted octanol–water partition coefficient (Wildman–Crippen LogP) is 3.20. The summed E-state index contributed by atoms with van der Waals surface area (Å²) in [5.41, 5.74) is 1.20. The molecule has 1 aromatic rings. The Kier molecular flexibility index (Phi) is 10.8. The lowest BCUT2D eigenvalue weighted by Gasteiger charge is -2.25. The van der Waals surface area contributed by atoms with Gasteiger partial charge in [-0.05, 0) is 44.2 Å². The molecule has 0 bridgehead atoms. The van der Waals surface area contributed by atoms with E-state index < -0.39 is 0 Å². The summed E-state index contributed by atoms with van der Waals surface area (Å²) >= 11 is 1.86. The van der Waals surface area contributed by atoms with E-state index in [2.05, 4.69) is 52.8 Å². The molecular formula is C20H35IN4O2S. The SMILES string of the molecule is CN=C(NCC(C)(C)SC)NC1CCN(Cc2cc(OC)cc(OC)c2)C1.I. The van der Waals surface area contributed by atoms with Gasteiger partial charge in [0.15, 0.2) is 5.96 Å². The van der Waals surface area contributed by atoms with Crippen LogP contribution < -0.4 is 20.1 Å². The lowest BCUT2D eigenvalue weighted by Crippen LogP contribution is -2.47. The summed E-state index contributed by atoms with van der Waals surface area (Å²) in [4.78, 5) is 6.83. The van der Waals surface area contributed by atoms with Crippen molar-refractivity contribution >= 4 is 41.7 Å². The quantitative estimate of drug-likeness (QED) is 0.311. The number of likely N-dealkylation sites (tertiary alicyclic amines) is 1. The van der Waals surface area contributed by atoms with Crippen LogP contribution in [0.3, 0.4) is 0 Å². The maximum Gasteiger partial charge on any atom is 0.191 e. The van der Waals surface area contributed by atoms with Crippen molar-refractivity contribution in [1.29, 1.82) is 0 Å². The lowest BCUT2D eigenvalue weighted by atomic mass is 10.2. The second kappa shape index (κ2) is 12.0. The van der Waals surface area contributed by atoms with Gasteiger partial charge in [0.05, 0.1) is 14.2 Å². The van der Waals surface area contributed by atoms with Crippen molar-refractivity contribution in [2.24, 2.45) is 4.99 Å². The Balaban J connectivity index is 0.00000392. The first kappa shape index (κ1) is 25.2. The van der Waals surface area contributed by atoms with Gasteiger partial charge in [-0.3, -0.25) is 9.89 Å². The highest BCUT2D eigenvalue weighted by atomic mass is 127. The number of hydrogen-bond donors (Lipinski definition) is 2. The van der Waals surface area contributed by atoms with Gasteiger partial charge in [-0.15, -0.1) is 24.0 Å². The van der Waals surface area contributed by atoms with Crippen LogP contribution in [0.15, 0.2) is 23.2 Å². The third-order valence-electron chi connectivity index (χ3n) is 4.89. The average Bonchev–Trinajstić information content (AvgIpc) is 3.11. The van der Waals surface area contributed by atoms with Gasteiger partial charge in [-0.2, -0.15) is 11.8 Å². The number of methoxy groups -OCH3 is 2. The van der Waals surface area contributed by atoms with E-state index in [-0.39, 0.29) is 28.7 Å². The zero-order chi connectivity index (χ0) is 19.9. The van der Waals surface area contributed by atoms with Crippen LogP contribution in [0.4, 0.5) is 0 Å². The molecular weight excluding hydrogens is 487 g/mol. The molecule has 2 N–H and O–H groups in total. The summed E-state index contributed by atoms with van der Waals surface area (Å²) < 4.78 is 10.9. The highest BCUT2D eigenvalue weighted by Gasteiger charge is 2.24. The molecule has 1 aromatic carbocycles. The fourth-order valence-corrected chi connectivity index (χ4v) is 3.28. The van der Waals surface area contributed by atoms with Gasteiger partial charge in [0.1, 0.15) is 11.5 Å². The fourth-order valence-electron chi connectivity index (χ4n) is 3.07. The van der Waals surface area contributed by atoms with Crippen molar-refractivity contribution in [1.82, 2.24) is 15.5 Å². The monoisotopic (exact) mass is 522 g/mol. The molecule has 1 unspecified atom stereocenters. The van der Waals surface area contributed by atoms with Crippen molar-refractivity contribution in [2.75, 3.05) is 47.2 Å². The Morgan fingerprint density at radius 1 is 1.25 bits per heavy atom. The van der Waals surface area contributed by atoms with Crippen LogP contribution in [-0.4, -0.2) is 68.8 Å². The predicted molar refractivity (Wildman–Crippen MR) is 131 cm³/mol. The number of benzene rings is 1. The zero-order valence-electron chi connectivity index (χ0n) is 17.9. The molecule has 0 spiro atoms. The lowest BCUT2D eigenvalue weighted by molar-refractivity contribution is 0.321. The Morgan fingerprint density at radius 3 is 2.43 bits per heavy atom. The van der Waals surface area contributed by atoms with Crippen molar-refractivity contribution in [3.63, 3.8) is 0 Å². The smallest absolute Gasteiger partial charge is 0.191 e. The molecule has 1 saturated heterocycles. The highest BCUT2D eigenvalue weighted by molar-refractivity contribution is 14.0. The first-order valence-corrected chi connectivity index (χ1v) is 10.6. The molecule has 0 aliphatic carbocycles. The maximum atomic E-state index is 5.38. The van der Waals surface area contributed by atoms with Gasteiger partial charge in [-0.25, -0.2) is 0 Å². The van der Waals surface area contributed by atoms with Crippen molar-refractivity contribution in [2.45, 2.75) is 37.6 Å². The van der Waals surface area contributed by atoms with Crippen LogP contribution in [0, 0.1) is 0 Å². The number of rotatable bonds is 8. The van der Waals surface area contributed by atoms with Crippen LogP contribution in [0.1, 0.15) is 25.8 Å². The van der Waals surface area contributed by atoms with Gasteiger partial charge in [0.25, 0.3) is 0 Å². The van der Waals surface area contributed by atoms with E-state index >= 15 is 0 Å². The van der Waals surface area contributed by atoms with E-state index in [0.29, 0.717) is 6.04 Å². The highest BCUT2D eigenvalue weighted by Crippen LogP contribution is 2.24. The number of ether oxygens (including phenoxy) is 2. The van der Waals surface area contributed by atoms with Gasteiger partial charge in [0, 0.05) is 50.1 Å². The van der Waals surface area contributed by atoms with Crippen LogP contribution in [0.2, 0.25) is 0 Å². The molecule has 6 nitrogen and oxygen atoms in total. The topological polar surface area (TPSA) is 58.1 Å². The number of hydrogen-bond acceptors (Lipinski definition) is 5. The van der Waals surface area contributed by atoms with Gasteiger partial charge in [0.2, 0.25) is 0 Å². The van der Waals surface area contributed by atoms with E-state index in [1.165, 1.54) is 5.56 Å². The van der Waals surface area contributed by atoms with Gasteiger partial charge < -0.3 is 20.1 Å². The Hall–Kier alpha value is -0.870. The fraction of sp³-hybridized carbons (Fsp3) is 0.650. The average molecular weight is 522 g/mol. The summed E-state index contributed by atoms with van der Waals surface area (Å²) in [5.74, 6) is 2.55. The number of nitrogens with one attached hydrogen (secondary N) is 2. The van der Waals surface area contributed by atoms with Crippen LogP contribution in [-0.2, 0) is 6.54 Å². The first-order valence-electron chi connectivity index (χ1n) is 9.35. The molecule has 1 aliphatic heterocycles. The number of aliphatic imine (C=N–C) groups is 1. The van der Waals surface area contributed by atoms with E-state index in [4.69, 9.17) is 9.47 Å². The minimum atomic E-state index is 0. The molecule has 0 radical (unpaired) electrons. The molecule has 0 aromatic heterocycles. The molecule has 1 heterocycles. The van der Waals surface area contributed by atoms with Gasteiger partial charge in [-0.1, -0.05) is 0 Å². The van der Waals surface area contributed by atoms with Gasteiger partial charge >= 0.3 is 0 Å². The largest absolute Gasteiger partial charge is 0.497 e. The van der Waals surface area contributed by atoms with Crippen molar-refractivity contribution < 1.29 is 9.47 Å². The minimum Gasteiger partial charge on any atom is -0.497 e. The zero-order valence-corrected chi connectivity index (χ0v) is 21.0. The molecule has 160 valence electrons. The second-order valence-electron chi connectivity index (χ2n) is 7.48.